The number of benzene rings is 3. The van der Waals surface area contributed by atoms with Gasteiger partial charge in [-0.05, 0) is 79.5 Å². The molecule has 4 amide bonds. The molecule has 1 saturated carbocycles. The lowest BCUT2D eigenvalue weighted by atomic mass is 9.49. The van der Waals surface area contributed by atoms with Crippen LogP contribution < -0.4 is 20.7 Å². The Morgan fingerprint density at radius 1 is 0.928 bits per heavy atom. The Bertz CT molecular complexity index is 2460. The number of aliphatic hydroxyl groups is 1. The lowest BCUT2D eigenvalue weighted by molar-refractivity contribution is -0.164. The van der Waals surface area contributed by atoms with Gasteiger partial charge in [0.25, 0.3) is 5.91 Å². The van der Waals surface area contributed by atoms with Crippen molar-refractivity contribution in [3.05, 3.63) is 105 Å². The summed E-state index contributed by atoms with van der Waals surface area (Å²) in [5.41, 5.74) is 5.66. The molecule has 1 unspecified atom stereocenters. The van der Waals surface area contributed by atoms with Crippen molar-refractivity contribution in [2.75, 3.05) is 6.54 Å². The van der Waals surface area contributed by atoms with Gasteiger partial charge in [-0.2, -0.15) is 5.26 Å². The largest absolute Gasteiger partial charge is 0.489 e. The molecule has 1 saturated heterocycles. The first kappa shape index (κ1) is 53.1. The molecule has 1 aromatic heterocycles. The minimum Gasteiger partial charge on any atom is -0.489 e. The van der Waals surface area contributed by atoms with Gasteiger partial charge in [0.15, 0.2) is 0 Å². The van der Waals surface area contributed by atoms with E-state index in [0.717, 1.165) is 66.6 Å². The molecular weight excluding hydrogens is 908 g/mol. The number of aromatic nitrogens is 1. The number of aliphatic hydroxyl groups excluding tert-OH is 1. The molecule has 0 radical (unpaired) electrons. The van der Waals surface area contributed by atoms with Crippen LogP contribution in [0.25, 0.3) is 10.4 Å². The van der Waals surface area contributed by atoms with Gasteiger partial charge in [-0.15, -0.1) is 11.3 Å². The number of aryl methyl sites for hydroxylation is 2. The first-order valence-corrected chi connectivity index (χ1v) is 25.7. The van der Waals surface area contributed by atoms with Gasteiger partial charge in [0.05, 0.1) is 38.8 Å². The summed E-state index contributed by atoms with van der Waals surface area (Å²) in [6, 6.07) is 20.8. The van der Waals surface area contributed by atoms with E-state index < -0.39 is 23.6 Å². The van der Waals surface area contributed by atoms with Crippen molar-refractivity contribution in [1.82, 2.24) is 25.8 Å². The zero-order chi connectivity index (χ0) is 50.3. The Morgan fingerprint density at radius 2 is 1.57 bits per heavy atom. The molecular formula is C55H71ClN6O6S. The van der Waals surface area contributed by atoms with Gasteiger partial charge in [0.1, 0.15) is 30.0 Å². The molecule has 6 rings (SSSR count). The molecule has 1 aliphatic carbocycles. The van der Waals surface area contributed by atoms with E-state index in [0.29, 0.717) is 34.7 Å². The van der Waals surface area contributed by atoms with E-state index in [2.05, 4.69) is 54.7 Å². The summed E-state index contributed by atoms with van der Waals surface area (Å²) in [5.74, 6) is -0.411. The molecule has 3 aromatic carbocycles. The Hall–Kier alpha value is -5.29. The van der Waals surface area contributed by atoms with Crippen molar-refractivity contribution in [2.24, 2.45) is 16.2 Å². The van der Waals surface area contributed by atoms with Crippen LogP contribution in [0, 0.1) is 34.5 Å². The van der Waals surface area contributed by atoms with Gasteiger partial charge in [-0.25, -0.2) is 4.98 Å². The summed E-state index contributed by atoms with van der Waals surface area (Å²) in [6.45, 7) is 18.0. The van der Waals surface area contributed by atoms with E-state index in [9.17, 15) is 29.5 Å². The Morgan fingerprint density at radius 3 is 2.16 bits per heavy atom. The summed E-state index contributed by atoms with van der Waals surface area (Å²) in [5, 5.41) is 29.5. The second-order valence-electron chi connectivity index (χ2n) is 21.4. The highest BCUT2D eigenvalue weighted by atomic mass is 35.5. The summed E-state index contributed by atoms with van der Waals surface area (Å²) in [6.07, 6.45) is 7.28. The molecule has 14 heteroatoms. The number of thiazole rings is 1. The monoisotopic (exact) mass is 978 g/mol. The second-order valence-corrected chi connectivity index (χ2v) is 22.6. The lowest BCUT2D eigenvalue weighted by Gasteiger charge is -2.63. The van der Waals surface area contributed by atoms with E-state index in [1.165, 1.54) is 10.5 Å². The number of halogens is 1. The highest BCUT2D eigenvalue weighted by Crippen LogP contribution is 2.55. The van der Waals surface area contributed by atoms with E-state index in [1.54, 1.807) is 29.5 Å². The van der Waals surface area contributed by atoms with Crippen molar-refractivity contribution in [1.29, 1.82) is 5.26 Å². The molecule has 2 heterocycles. The number of unbranched alkanes of at least 4 members (excludes halogenated alkanes) is 6. The predicted molar refractivity (Wildman–Crippen MR) is 273 cm³/mol. The van der Waals surface area contributed by atoms with Crippen LogP contribution in [0.2, 0.25) is 5.02 Å². The minimum atomic E-state index is -0.858. The smallest absolute Gasteiger partial charge is 0.251 e. The third-order valence-corrected chi connectivity index (χ3v) is 15.4. The van der Waals surface area contributed by atoms with Gasteiger partial charge in [0.2, 0.25) is 17.7 Å². The molecule has 0 spiro atoms. The van der Waals surface area contributed by atoms with E-state index in [1.807, 2.05) is 88.7 Å². The van der Waals surface area contributed by atoms with Crippen molar-refractivity contribution < 1.29 is 29.0 Å². The quantitative estimate of drug-likeness (QED) is 0.0633. The maximum atomic E-state index is 14.1. The average Bonchev–Trinajstić information content (AvgIpc) is 3.93. The highest BCUT2D eigenvalue weighted by Gasteiger charge is 2.64. The molecule has 2 fully saturated rings. The number of hydrogen-bond donors (Lipinski definition) is 4. The number of ether oxygens (including phenoxy) is 1. The van der Waals surface area contributed by atoms with Gasteiger partial charge < -0.3 is 30.7 Å². The van der Waals surface area contributed by atoms with E-state index in [-0.39, 0.29) is 65.6 Å². The average molecular weight is 980 g/mol. The number of carbonyl (C=O) groups is 4. The number of rotatable bonds is 20. The Balaban J connectivity index is 0.870. The predicted octanol–water partition coefficient (Wildman–Crippen LogP) is 10.3. The van der Waals surface area contributed by atoms with Crippen LogP contribution in [-0.4, -0.2) is 75.5 Å². The normalized spacial score (nSPS) is 20.2. The van der Waals surface area contributed by atoms with Crippen LogP contribution in [0.5, 0.6) is 5.75 Å². The number of β-amino-alcohol motifs (C(OH)–C–C–N with tert-alkyl or cyclic N) is 1. The number of nitrogens with one attached hydrogen (secondary N) is 3. The number of likely N-dealkylation sites (tertiary alicyclic amines) is 1. The Labute approximate surface area is 418 Å². The number of carbonyl (C=O) groups excluding carboxylic acids is 4. The Kier molecular flexibility index (Phi) is 17.4. The van der Waals surface area contributed by atoms with Gasteiger partial charge in [0, 0.05) is 47.9 Å². The molecule has 69 heavy (non-hydrogen) atoms. The molecule has 2 aliphatic rings. The molecule has 1 aliphatic heterocycles. The van der Waals surface area contributed by atoms with Gasteiger partial charge in [-0.3, -0.25) is 19.2 Å². The fourth-order valence-electron chi connectivity index (χ4n) is 10.4. The minimum absolute atomic E-state index is 0.0266. The van der Waals surface area contributed by atoms with Gasteiger partial charge >= 0.3 is 0 Å². The molecule has 4 N–H and O–H groups in total. The lowest BCUT2D eigenvalue weighted by Crippen LogP contribution is -2.74. The molecule has 4 atom stereocenters. The topological polar surface area (TPSA) is 174 Å². The number of amides is 4. The van der Waals surface area contributed by atoms with E-state index in [4.69, 9.17) is 16.3 Å². The van der Waals surface area contributed by atoms with Crippen LogP contribution in [0.15, 0.2) is 72.2 Å². The summed E-state index contributed by atoms with van der Waals surface area (Å²) in [7, 11) is 0. The first-order valence-electron chi connectivity index (χ1n) is 24.5. The summed E-state index contributed by atoms with van der Waals surface area (Å²) in [4.78, 5) is 61.3. The molecule has 370 valence electrons. The third kappa shape index (κ3) is 12.9. The molecule has 4 aromatic rings. The van der Waals surface area contributed by atoms with E-state index >= 15 is 0 Å². The zero-order valence-electron chi connectivity index (χ0n) is 41.8. The summed E-state index contributed by atoms with van der Waals surface area (Å²) >= 11 is 7.83. The standard InChI is InChI=1S/C55H71ClN6O6S/c1-34(37-23-25-38(26-24-37)46-35(2)58-33-69-46)59-49(66)44-29-41(63)32-62(44)50(67)47(53(3,4)5)60-45(64)18-16-14-12-10-11-13-15-17-36-19-21-39(22-20-36)48(65)61-51-54(6,7)52(55(51,8)9)68-42-28-27-40(31-57)43(56)30-42/h19-28,30,33-34,41,44,47,51-52,63H,10-18,29,32H2,1-9H3,(H,59,66)(H,60,64)(H,61,65)/t34-,41+,44-,47?,51?,52?/m0/s1. The third-order valence-electron chi connectivity index (χ3n) is 14.1. The van der Waals surface area contributed by atoms with Crippen LogP contribution in [0.4, 0.5) is 0 Å². The SMILES string of the molecule is Cc1ncsc1-c1ccc([C@H](C)NC(=O)[C@@H]2C[C@@H](O)CN2C(=O)C(NC(=O)CCCCCCCCCc2ccc(C(=O)NC3C(C)(C)C(Oc4ccc(C#N)c(Cl)c4)C3(C)C)cc2)C(C)(C)C)cc1. The maximum Gasteiger partial charge on any atom is 0.251 e. The number of nitrogens with zero attached hydrogens (tertiary/aromatic N) is 3. The van der Waals surface area contributed by atoms with Gasteiger partial charge in [-0.1, -0.05) is 129 Å². The van der Waals surface area contributed by atoms with Crippen molar-refractivity contribution in [2.45, 2.75) is 163 Å². The molecule has 0 bridgehead atoms. The maximum absolute atomic E-state index is 14.1. The fraction of sp³-hybridized carbons (Fsp3) is 0.527. The van der Waals surface area contributed by atoms with Crippen molar-refractivity contribution in [3.8, 4) is 22.3 Å². The zero-order valence-corrected chi connectivity index (χ0v) is 43.4. The van der Waals surface area contributed by atoms with Crippen LogP contribution in [0.3, 0.4) is 0 Å². The number of hydrogen-bond acceptors (Lipinski definition) is 9. The van der Waals surface area contributed by atoms with Crippen LogP contribution >= 0.6 is 22.9 Å². The number of nitriles is 1. The van der Waals surface area contributed by atoms with Crippen LogP contribution in [-0.2, 0) is 20.8 Å². The van der Waals surface area contributed by atoms with Crippen molar-refractivity contribution in [3.63, 3.8) is 0 Å². The fourth-order valence-corrected chi connectivity index (χ4v) is 11.4. The van der Waals surface area contributed by atoms with Crippen LogP contribution in [0.1, 0.15) is 152 Å². The van der Waals surface area contributed by atoms with Crippen molar-refractivity contribution >= 4 is 46.6 Å². The first-order chi connectivity index (χ1) is 32.6. The highest BCUT2D eigenvalue weighted by molar-refractivity contribution is 7.13. The second kappa shape index (κ2) is 22.6. The summed E-state index contributed by atoms with van der Waals surface area (Å²) < 4.78 is 6.37. The molecule has 12 nitrogen and oxygen atoms in total.